The molecule has 3 rings (SSSR count). The van der Waals surface area contributed by atoms with E-state index in [0.717, 1.165) is 38.5 Å². The number of hydrogen-bond donors (Lipinski definition) is 2. The molecule has 3 aliphatic rings. The summed E-state index contributed by atoms with van der Waals surface area (Å²) in [4.78, 5) is 14.4. The van der Waals surface area contributed by atoms with Crippen LogP contribution in [0.5, 0.6) is 0 Å². The van der Waals surface area contributed by atoms with Crippen molar-refractivity contribution in [3.05, 3.63) is 0 Å². The van der Waals surface area contributed by atoms with Gasteiger partial charge in [0.1, 0.15) is 0 Å². The highest BCUT2D eigenvalue weighted by molar-refractivity contribution is 5.92. The highest BCUT2D eigenvalue weighted by atomic mass is 16.3. The average Bonchev–Trinajstić information content (AvgIpc) is 3.06. The predicted octanol–water partition coefficient (Wildman–Crippen LogP) is 0.848. The maximum atomic E-state index is 12.4. The van der Waals surface area contributed by atoms with Gasteiger partial charge in [0.05, 0.1) is 11.7 Å². The fraction of sp³-hybridized carbons (Fsp3) is 0.923. The summed E-state index contributed by atoms with van der Waals surface area (Å²) in [6, 6.07) is 0.396. The molecule has 1 aliphatic heterocycles. The number of amides is 1. The molecular weight excluding hydrogens is 216 g/mol. The summed E-state index contributed by atoms with van der Waals surface area (Å²) >= 11 is 0. The number of nitrogens with zero attached hydrogens (tertiary/aromatic N) is 1. The Morgan fingerprint density at radius 1 is 1.35 bits per heavy atom. The fourth-order valence-electron chi connectivity index (χ4n) is 3.52. The van der Waals surface area contributed by atoms with Gasteiger partial charge in [0.2, 0.25) is 5.91 Å². The quantitative estimate of drug-likeness (QED) is 0.750. The van der Waals surface area contributed by atoms with Gasteiger partial charge in [-0.2, -0.15) is 0 Å². The van der Waals surface area contributed by atoms with E-state index in [2.05, 4.69) is 17.1 Å². The first kappa shape index (κ1) is 11.5. The number of carbonyl (C=O) groups is 1. The molecule has 0 aromatic carbocycles. The van der Waals surface area contributed by atoms with E-state index in [9.17, 15) is 4.79 Å². The summed E-state index contributed by atoms with van der Waals surface area (Å²) in [7, 11) is 0. The van der Waals surface area contributed by atoms with Crippen LogP contribution in [0, 0.1) is 5.92 Å². The zero-order chi connectivity index (χ0) is 12.0. The average molecular weight is 238 g/mol. The largest absolute Gasteiger partial charge is 0.396 e. The topological polar surface area (TPSA) is 52.6 Å². The highest BCUT2D eigenvalue weighted by Crippen LogP contribution is 2.44. The molecule has 3 fully saturated rings. The van der Waals surface area contributed by atoms with Crippen molar-refractivity contribution in [2.24, 2.45) is 5.92 Å². The van der Waals surface area contributed by atoms with Gasteiger partial charge in [-0.3, -0.25) is 10.1 Å². The minimum Gasteiger partial charge on any atom is -0.396 e. The highest BCUT2D eigenvalue weighted by Gasteiger charge is 2.59. The van der Waals surface area contributed by atoms with E-state index in [1.807, 2.05) is 0 Å². The lowest BCUT2D eigenvalue weighted by molar-refractivity contribution is -0.133. The summed E-state index contributed by atoms with van der Waals surface area (Å²) in [6.07, 6.45) is 6.45. The molecule has 1 saturated heterocycles. The van der Waals surface area contributed by atoms with E-state index >= 15 is 0 Å². The second-order valence-corrected chi connectivity index (χ2v) is 5.97. The van der Waals surface area contributed by atoms with Crippen molar-refractivity contribution in [3.8, 4) is 0 Å². The molecule has 0 aromatic rings. The second-order valence-electron chi connectivity index (χ2n) is 5.97. The molecule has 4 nitrogen and oxygen atoms in total. The Balaban J connectivity index is 1.67. The number of hydrogen-bond acceptors (Lipinski definition) is 3. The Morgan fingerprint density at radius 2 is 2.00 bits per heavy atom. The molecule has 1 amide bonds. The van der Waals surface area contributed by atoms with Crippen molar-refractivity contribution >= 4 is 5.91 Å². The molecular formula is C13H22N2O2. The van der Waals surface area contributed by atoms with Gasteiger partial charge in [-0.05, 0) is 51.4 Å². The van der Waals surface area contributed by atoms with Crippen LogP contribution >= 0.6 is 0 Å². The van der Waals surface area contributed by atoms with Crippen LogP contribution in [-0.4, -0.2) is 40.3 Å². The standard InChI is InChI=1S/C13H22N2O2/c1-9-14-13(6-7-13)12(17)15(9)11-4-2-10(8-16)3-5-11/h9-11,14,16H,2-8H2,1H3. The molecule has 17 heavy (non-hydrogen) atoms. The molecule has 4 heteroatoms. The van der Waals surface area contributed by atoms with Gasteiger partial charge in [-0.25, -0.2) is 0 Å². The van der Waals surface area contributed by atoms with E-state index in [-0.39, 0.29) is 11.7 Å². The molecule has 1 spiro atoms. The third kappa shape index (κ3) is 1.78. The van der Waals surface area contributed by atoms with Crippen LogP contribution in [0.25, 0.3) is 0 Å². The zero-order valence-electron chi connectivity index (χ0n) is 10.5. The lowest BCUT2D eigenvalue weighted by Gasteiger charge is -2.36. The van der Waals surface area contributed by atoms with Crippen molar-refractivity contribution in [2.75, 3.05) is 6.61 Å². The normalized spacial score (nSPS) is 40.0. The molecule has 1 atom stereocenters. The molecule has 0 aromatic heterocycles. The molecule has 0 radical (unpaired) electrons. The maximum Gasteiger partial charge on any atom is 0.244 e. The van der Waals surface area contributed by atoms with Crippen LogP contribution in [0.3, 0.4) is 0 Å². The molecule has 2 aliphatic carbocycles. The van der Waals surface area contributed by atoms with E-state index in [4.69, 9.17) is 5.11 Å². The maximum absolute atomic E-state index is 12.4. The number of aliphatic hydroxyl groups excluding tert-OH is 1. The number of nitrogens with one attached hydrogen (secondary N) is 1. The third-order valence-corrected chi connectivity index (χ3v) is 4.76. The van der Waals surface area contributed by atoms with Crippen LogP contribution in [-0.2, 0) is 4.79 Å². The number of carbonyl (C=O) groups excluding carboxylic acids is 1. The van der Waals surface area contributed by atoms with Crippen molar-refractivity contribution in [1.82, 2.24) is 10.2 Å². The predicted molar refractivity (Wildman–Crippen MR) is 64.2 cm³/mol. The summed E-state index contributed by atoms with van der Waals surface area (Å²) in [5.74, 6) is 0.791. The summed E-state index contributed by atoms with van der Waals surface area (Å²) < 4.78 is 0. The van der Waals surface area contributed by atoms with Gasteiger partial charge in [-0.15, -0.1) is 0 Å². The zero-order valence-corrected chi connectivity index (χ0v) is 10.5. The third-order valence-electron chi connectivity index (χ3n) is 4.76. The summed E-state index contributed by atoms with van der Waals surface area (Å²) in [5, 5.41) is 12.6. The van der Waals surface area contributed by atoms with Crippen LogP contribution in [0.15, 0.2) is 0 Å². The van der Waals surface area contributed by atoms with Crippen molar-refractivity contribution < 1.29 is 9.90 Å². The SMILES string of the molecule is CC1NC2(CC2)C(=O)N1C1CCC(CO)CC1. The molecule has 96 valence electrons. The van der Waals surface area contributed by atoms with Crippen molar-refractivity contribution in [3.63, 3.8) is 0 Å². The van der Waals surface area contributed by atoms with Gasteiger partial charge in [0, 0.05) is 12.6 Å². The first-order chi connectivity index (χ1) is 8.16. The smallest absolute Gasteiger partial charge is 0.244 e. The Bertz CT molecular complexity index is 319. The molecule has 2 saturated carbocycles. The first-order valence-electron chi connectivity index (χ1n) is 6.87. The Labute approximate surface area is 102 Å². The van der Waals surface area contributed by atoms with E-state index in [1.165, 1.54) is 0 Å². The number of rotatable bonds is 2. The lowest BCUT2D eigenvalue weighted by Crippen LogP contribution is -2.45. The first-order valence-corrected chi connectivity index (χ1v) is 6.87. The van der Waals surface area contributed by atoms with E-state index in [1.54, 1.807) is 0 Å². The molecule has 1 unspecified atom stereocenters. The molecule has 1 heterocycles. The van der Waals surface area contributed by atoms with Gasteiger partial charge in [0.25, 0.3) is 0 Å². The van der Waals surface area contributed by atoms with Crippen LogP contribution in [0.4, 0.5) is 0 Å². The Morgan fingerprint density at radius 3 is 2.47 bits per heavy atom. The van der Waals surface area contributed by atoms with Crippen molar-refractivity contribution in [1.29, 1.82) is 0 Å². The summed E-state index contributed by atoms with van der Waals surface area (Å²) in [6.45, 7) is 2.40. The second kappa shape index (κ2) is 3.95. The monoisotopic (exact) mass is 238 g/mol. The van der Waals surface area contributed by atoms with Gasteiger partial charge in [0.15, 0.2) is 0 Å². The lowest BCUT2D eigenvalue weighted by atomic mass is 9.85. The summed E-state index contributed by atoms with van der Waals surface area (Å²) in [5.41, 5.74) is -0.173. The van der Waals surface area contributed by atoms with Crippen LogP contribution < -0.4 is 5.32 Å². The van der Waals surface area contributed by atoms with E-state index in [0.29, 0.717) is 24.5 Å². The Kier molecular flexibility index (Phi) is 2.67. The fourth-order valence-corrected chi connectivity index (χ4v) is 3.52. The van der Waals surface area contributed by atoms with Crippen LogP contribution in [0.1, 0.15) is 45.4 Å². The minimum atomic E-state index is -0.173. The van der Waals surface area contributed by atoms with Gasteiger partial charge < -0.3 is 10.0 Å². The van der Waals surface area contributed by atoms with Gasteiger partial charge in [-0.1, -0.05) is 0 Å². The molecule has 0 bridgehead atoms. The molecule has 2 N–H and O–H groups in total. The van der Waals surface area contributed by atoms with Crippen LogP contribution in [0.2, 0.25) is 0 Å². The van der Waals surface area contributed by atoms with Crippen molar-refractivity contribution in [2.45, 2.75) is 63.2 Å². The number of aliphatic hydroxyl groups is 1. The van der Waals surface area contributed by atoms with E-state index < -0.39 is 0 Å². The van der Waals surface area contributed by atoms with Gasteiger partial charge >= 0.3 is 0 Å². The Hall–Kier alpha value is -0.610. The minimum absolute atomic E-state index is 0.173.